The Hall–Kier alpha value is -2.28. The van der Waals surface area contributed by atoms with Gasteiger partial charge in [-0.05, 0) is 39.8 Å². The van der Waals surface area contributed by atoms with Gasteiger partial charge in [0.1, 0.15) is 0 Å². The summed E-state index contributed by atoms with van der Waals surface area (Å²) in [6, 6.07) is 4.88. The number of carbonyl (C=O) groups is 2. The minimum absolute atomic E-state index is 0.274. The standard InChI is InChI=1S/C16H24N2O5/c1-5-22-12-8-7-11(9-13(12)23-6-2)17-14(20)15(21)18-16(3,4)10-19/h7-9,19H,5-6,10H2,1-4H3,(H,17,20)(H,18,21). The van der Waals surface area contributed by atoms with Gasteiger partial charge in [-0.25, -0.2) is 0 Å². The molecule has 7 heteroatoms. The molecule has 0 radical (unpaired) electrons. The molecule has 128 valence electrons. The lowest BCUT2D eigenvalue weighted by molar-refractivity contribution is -0.137. The molecule has 23 heavy (non-hydrogen) atoms. The second-order valence-corrected chi connectivity index (χ2v) is 5.48. The molecule has 1 aromatic rings. The third-order valence-corrected chi connectivity index (χ3v) is 2.85. The summed E-state index contributed by atoms with van der Waals surface area (Å²) in [5, 5.41) is 14.0. The molecule has 0 heterocycles. The predicted molar refractivity (Wildman–Crippen MR) is 86.7 cm³/mol. The van der Waals surface area contributed by atoms with Gasteiger partial charge in [-0.15, -0.1) is 0 Å². The molecular weight excluding hydrogens is 300 g/mol. The van der Waals surface area contributed by atoms with Crippen molar-refractivity contribution in [1.82, 2.24) is 5.32 Å². The monoisotopic (exact) mass is 324 g/mol. The Balaban J connectivity index is 2.81. The van der Waals surface area contributed by atoms with Gasteiger partial charge >= 0.3 is 11.8 Å². The normalized spacial score (nSPS) is 10.8. The first-order chi connectivity index (χ1) is 10.8. The molecule has 0 saturated heterocycles. The first-order valence-electron chi connectivity index (χ1n) is 7.47. The maximum absolute atomic E-state index is 11.9. The van der Waals surface area contributed by atoms with Gasteiger partial charge in [0.25, 0.3) is 0 Å². The lowest BCUT2D eigenvalue weighted by atomic mass is 10.1. The summed E-state index contributed by atoms with van der Waals surface area (Å²) in [6.07, 6.45) is 0. The van der Waals surface area contributed by atoms with Crippen molar-refractivity contribution in [3.8, 4) is 11.5 Å². The number of aliphatic hydroxyl groups is 1. The van der Waals surface area contributed by atoms with Gasteiger partial charge in [0.15, 0.2) is 11.5 Å². The minimum Gasteiger partial charge on any atom is -0.490 e. The molecule has 0 aliphatic heterocycles. The van der Waals surface area contributed by atoms with Crippen LogP contribution in [0.25, 0.3) is 0 Å². The smallest absolute Gasteiger partial charge is 0.313 e. The van der Waals surface area contributed by atoms with Gasteiger partial charge < -0.3 is 25.2 Å². The van der Waals surface area contributed by atoms with Gasteiger partial charge in [-0.1, -0.05) is 0 Å². The van der Waals surface area contributed by atoms with Crippen LogP contribution in [0.3, 0.4) is 0 Å². The zero-order valence-electron chi connectivity index (χ0n) is 13.9. The Labute approximate surface area is 136 Å². The van der Waals surface area contributed by atoms with Gasteiger partial charge in [-0.2, -0.15) is 0 Å². The van der Waals surface area contributed by atoms with Crippen molar-refractivity contribution >= 4 is 17.5 Å². The molecule has 1 aromatic carbocycles. The highest BCUT2D eigenvalue weighted by Gasteiger charge is 2.23. The third kappa shape index (κ3) is 5.78. The summed E-state index contributed by atoms with van der Waals surface area (Å²) >= 11 is 0. The van der Waals surface area contributed by atoms with Gasteiger partial charge in [0.05, 0.1) is 25.4 Å². The van der Waals surface area contributed by atoms with Crippen LogP contribution in [0.2, 0.25) is 0 Å². The van der Waals surface area contributed by atoms with E-state index in [0.717, 1.165) is 0 Å². The molecule has 0 bridgehead atoms. The summed E-state index contributed by atoms with van der Waals surface area (Å²) < 4.78 is 10.9. The van der Waals surface area contributed by atoms with E-state index in [9.17, 15) is 9.59 Å². The Morgan fingerprint density at radius 3 is 2.26 bits per heavy atom. The van der Waals surface area contributed by atoms with Crippen LogP contribution >= 0.6 is 0 Å². The van der Waals surface area contributed by atoms with E-state index in [0.29, 0.717) is 30.4 Å². The quantitative estimate of drug-likeness (QED) is 0.657. The van der Waals surface area contributed by atoms with Crippen molar-refractivity contribution < 1.29 is 24.2 Å². The largest absolute Gasteiger partial charge is 0.490 e. The second kappa shape index (κ2) is 8.38. The van der Waals surface area contributed by atoms with Crippen molar-refractivity contribution in [3.05, 3.63) is 18.2 Å². The van der Waals surface area contributed by atoms with Gasteiger partial charge in [-0.3, -0.25) is 9.59 Å². The van der Waals surface area contributed by atoms with Crippen molar-refractivity contribution in [2.45, 2.75) is 33.2 Å². The van der Waals surface area contributed by atoms with E-state index in [1.165, 1.54) is 0 Å². The van der Waals surface area contributed by atoms with Crippen molar-refractivity contribution in [3.63, 3.8) is 0 Å². The molecule has 0 aromatic heterocycles. The predicted octanol–water partition coefficient (Wildman–Crippen LogP) is 1.31. The number of hydrogen-bond donors (Lipinski definition) is 3. The molecule has 3 N–H and O–H groups in total. The van der Waals surface area contributed by atoms with E-state index in [1.807, 2.05) is 13.8 Å². The fraction of sp³-hybridized carbons (Fsp3) is 0.500. The molecule has 7 nitrogen and oxygen atoms in total. The van der Waals surface area contributed by atoms with E-state index >= 15 is 0 Å². The lowest BCUT2D eigenvalue weighted by Gasteiger charge is -2.22. The van der Waals surface area contributed by atoms with E-state index in [4.69, 9.17) is 14.6 Å². The zero-order valence-corrected chi connectivity index (χ0v) is 13.9. The van der Waals surface area contributed by atoms with Crippen LogP contribution in [0, 0.1) is 0 Å². The Morgan fingerprint density at radius 1 is 1.09 bits per heavy atom. The van der Waals surface area contributed by atoms with Crippen LogP contribution in [-0.2, 0) is 9.59 Å². The Morgan fingerprint density at radius 2 is 1.70 bits per heavy atom. The van der Waals surface area contributed by atoms with Crippen molar-refractivity contribution in [2.75, 3.05) is 25.1 Å². The molecule has 0 fully saturated rings. The number of ether oxygens (including phenoxy) is 2. The number of rotatable bonds is 7. The second-order valence-electron chi connectivity index (χ2n) is 5.48. The lowest BCUT2D eigenvalue weighted by Crippen LogP contribution is -2.50. The molecule has 0 unspecified atom stereocenters. The summed E-state index contributed by atoms with van der Waals surface area (Å²) in [4.78, 5) is 23.7. The zero-order chi connectivity index (χ0) is 17.5. The summed E-state index contributed by atoms with van der Waals surface area (Å²) in [7, 11) is 0. The topological polar surface area (TPSA) is 96.9 Å². The van der Waals surface area contributed by atoms with Crippen molar-refractivity contribution in [2.24, 2.45) is 0 Å². The molecule has 0 atom stereocenters. The fourth-order valence-electron chi connectivity index (χ4n) is 1.72. The number of carbonyl (C=O) groups excluding carboxylic acids is 2. The summed E-state index contributed by atoms with van der Waals surface area (Å²) in [5.41, 5.74) is -0.456. The average Bonchev–Trinajstić information content (AvgIpc) is 2.50. The molecule has 0 saturated carbocycles. The molecular formula is C16H24N2O5. The van der Waals surface area contributed by atoms with Crippen LogP contribution in [0.15, 0.2) is 18.2 Å². The summed E-state index contributed by atoms with van der Waals surface area (Å²) in [5.74, 6) is -0.588. The highest BCUT2D eigenvalue weighted by Crippen LogP contribution is 2.30. The van der Waals surface area contributed by atoms with Crippen LogP contribution in [0.5, 0.6) is 11.5 Å². The molecule has 0 aliphatic rings. The number of anilines is 1. The van der Waals surface area contributed by atoms with E-state index in [1.54, 1.807) is 32.0 Å². The average molecular weight is 324 g/mol. The van der Waals surface area contributed by atoms with Crippen LogP contribution in [-0.4, -0.2) is 42.3 Å². The first kappa shape index (κ1) is 18.8. The first-order valence-corrected chi connectivity index (χ1v) is 7.47. The number of hydrogen-bond acceptors (Lipinski definition) is 5. The van der Waals surface area contributed by atoms with Gasteiger partial charge in [0, 0.05) is 11.8 Å². The Kier molecular flexibility index (Phi) is 6.84. The maximum atomic E-state index is 11.9. The minimum atomic E-state index is -0.871. The number of amides is 2. The molecule has 2 amide bonds. The summed E-state index contributed by atoms with van der Waals surface area (Å²) in [6.45, 7) is 7.59. The van der Waals surface area contributed by atoms with E-state index in [2.05, 4.69) is 10.6 Å². The Bertz CT molecular complexity index is 557. The van der Waals surface area contributed by atoms with Gasteiger partial charge in [0.2, 0.25) is 0 Å². The van der Waals surface area contributed by atoms with Crippen LogP contribution < -0.4 is 20.1 Å². The third-order valence-electron chi connectivity index (χ3n) is 2.85. The highest BCUT2D eigenvalue weighted by molar-refractivity contribution is 6.39. The SMILES string of the molecule is CCOc1ccc(NC(=O)C(=O)NC(C)(C)CO)cc1OCC. The maximum Gasteiger partial charge on any atom is 0.313 e. The number of benzene rings is 1. The molecule has 0 aliphatic carbocycles. The van der Waals surface area contributed by atoms with E-state index < -0.39 is 17.4 Å². The van der Waals surface area contributed by atoms with Crippen LogP contribution in [0.4, 0.5) is 5.69 Å². The molecule has 1 rings (SSSR count). The fourth-order valence-corrected chi connectivity index (χ4v) is 1.72. The number of nitrogens with one attached hydrogen (secondary N) is 2. The van der Waals surface area contributed by atoms with E-state index in [-0.39, 0.29) is 6.61 Å². The van der Waals surface area contributed by atoms with Crippen LogP contribution in [0.1, 0.15) is 27.7 Å². The van der Waals surface area contributed by atoms with Crippen molar-refractivity contribution in [1.29, 1.82) is 0 Å². The molecule has 0 spiro atoms. The number of aliphatic hydroxyl groups excluding tert-OH is 1. The highest BCUT2D eigenvalue weighted by atomic mass is 16.5.